The maximum absolute atomic E-state index is 12.3. The van der Waals surface area contributed by atoms with Crippen LogP contribution in [0.15, 0.2) is 24.3 Å². The number of aliphatic carboxylic acids is 1. The van der Waals surface area contributed by atoms with Crippen LogP contribution in [0.25, 0.3) is 0 Å². The van der Waals surface area contributed by atoms with Crippen molar-refractivity contribution in [1.29, 1.82) is 0 Å². The summed E-state index contributed by atoms with van der Waals surface area (Å²) in [4.78, 5) is 25.9. The molecule has 2 rings (SSSR count). The minimum absolute atomic E-state index is 0.160. The van der Waals surface area contributed by atoms with Crippen LogP contribution in [0, 0.1) is 0 Å². The Bertz CT molecular complexity index is 724. The van der Waals surface area contributed by atoms with Gasteiger partial charge in [0.25, 0.3) is 5.91 Å². The summed E-state index contributed by atoms with van der Waals surface area (Å²) >= 11 is 0. The number of hydrogen-bond acceptors (Lipinski definition) is 5. The first-order valence-electron chi connectivity index (χ1n) is 8.77. The lowest BCUT2D eigenvalue weighted by Gasteiger charge is -2.26. The molecule has 1 aromatic rings. The molecule has 0 radical (unpaired) electrons. The number of nitrogens with one attached hydrogen (secondary N) is 1. The molecule has 1 heterocycles. The summed E-state index contributed by atoms with van der Waals surface area (Å²) in [5.41, 5.74) is 1.47. The van der Waals surface area contributed by atoms with Crippen LogP contribution >= 0.6 is 0 Å². The van der Waals surface area contributed by atoms with Crippen LogP contribution in [0.5, 0.6) is 0 Å². The van der Waals surface area contributed by atoms with Crippen molar-refractivity contribution in [3.8, 4) is 0 Å². The molecule has 0 saturated carbocycles. The van der Waals surface area contributed by atoms with E-state index in [2.05, 4.69) is 10.2 Å². The quantitative estimate of drug-likeness (QED) is 0.702. The third-order valence-corrected chi connectivity index (χ3v) is 5.43. The van der Waals surface area contributed by atoms with Crippen molar-refractivity contribution >= 4 is 21.7 Å². The van der Waals surface area contributed by atoms with Crippen LogP contribution in [-0.2, 0) is 21.2 Å². The molecular formula is C18H26N2O5S. The molecule has 0 aromatic heterocycles. The molecule has 0 aliphatic carbocycles. The molecule has 1 atom stereocenters. The highest BCUT2D eigenvalue weighted by atomic mass is 32.2. The Kier molecular flexibility index (Phi) is 7.16. The molecule has 26 heavy (non-hydrogen) atoms. The molecular weight excluding hydrogens is 356 g/mol. The summed E-state index contributed by atoms with van der Waals surface area (Å²) in [6, 6.07) is 5.85. The normalized spacial score (nSPS) is 16.8. The zero-order chi connectivity index (χ0) is 19.2. The topological polar surface area (TPSA) is 104 Å². The molecule has 1 saturated heterocycles. The molecule has 0 spiro atoms. The molecule has 0 bridgehead atoms. The number of nitrogens with zero attached hydrogens (tertiary/aromatic N) is 1. The fourth-order valence-electron chi connectivity index (χ4n) is 2.97. The van der Waals surface area contributed by atoms with Gasteiger partial charge in [0.2, 0.25) is 0 Å². The first-order chi connectivity index (χ1) is 12.2. The van der Waals surface area contributed by atoms with Gasteiger partial charge in [0.05, 0.1) is 5.75 Å². The van der Waals surface area contributed by atoms with Crippen LogP contribution in [-0.4, -0.2) is 61.4 Å². The van der Waals surface area contributed by atoms with Crippen molar-refractivity contribution in [3.63, 3.8) is 0 Å². The summed E-state index contributed by atoms with van der Waals surface area (Å²) in [7, 11) is -3.29. The van der Waals surface area contributed by atoms with Gasteiger partial charge < -0.3 is 10.4 Å². The number of rotatable bonds is 8. The summed E-state index contributed by atoms with van der Waals surface area (Å²) in [6.07, 6.45) is 4.58. The first-order valence-corrected chi connectivity index (χ1v) is 10.8. The van der Waals surface area contributed by atoms with Gasteiger partial charge in [-0.25, -0.2) is 13.2 Å². The number of piperidine rings is 1. The van der Waals surface area contributed by atoms with E-state index in [-0.39, 0.29) is 12.2 Å². The lowest BCUT2D eigenvalue weighted by atomic mass is 10.1. The number of carbonyl (C=O) groups is 2. The molecule has 0 unspecified atom stereocenters. The second-order valence-electron chi connectivity index (χ2n) is 6.82. The number of hydrogen-bond donors (Lipinski definition) is 2. The van der Waals surface area contributed by atoms with Crippen LogP contribution in [0.4, 0.5) is 0 Å². The molecule has 7 nitrogen and oxygen atoms in total. The van der Waals surface area contributed by atoms with Gasteiger partial charge in [0, 0.05) is 18.4 Å². The van der Waals surface area contributed by atoms with Gasteiger partial charge in [-0.2, -0.15) is 0 Å². The van der Waals surface area contributed by atoms with Crippen LogP contribution in [0.3, 0.4) is 0 Å². The minimum Gasteiger partial charge on any atom is -0.480 e. The van der Waals surface area contributed by atoms with Gasteiger partial charge in [-0.1, -0.05) is 18.6 Å². The third kappa shape index (κ3) is 6.76. The summed E-state index contributed by atoms with van der Waals surface area (Å²) in [5, 5.41) is 11.6. The molecule has 1 amide bonds. The van der Waals surface area contributed by atoms with E-state index in [4.69, 9.17) is 0 Å². The number of carboxylic acids is 1. The Morgan fingerprint density at radius 3 is 2.31 bits per heavy atom. The van der Waals surface area contributed by atoms with E-state index in [0.717, 1.165) is 31.5 Å². The Labute approximate surface area is 154 Å². The number of sulfone groups is 1. The van der Waals surface area contributed by atoms with E-state index in [9.17, 15) is 23.1 Å². The summed E-state index contributed by atoms with van der Waals surface area (Å²) in [6.45, 7) is 3.01. The van der Waals surface area contributed by atoms with E-state index in [1.165, 1.54) is 19.3 Å². The largest absolute Gasteiger partial charge is 0.480 e. The van der Waals surface area contributed by atoms with E-state index < -0.39 is 27.8 Å². The van der Waals surface area contributed by atoms with Crippen molar-refractivity contribution < 1.29 is 23.1 Å². The average Bonchev–Trinajstić information content (AvgIpc) is 2.59. The summed E-state index contributed by atoms with van der Waals surface area (Å²) < 4.78 is 22.4. The maximum atomic E-state index is 12.3. The van der Waals surface area contributed by atoms with Gasteiger partial charge in [-0.15, -0.1) is 0 Å². The fraction of sp³-hybridized carbons (Fsp3) is 0.556. The molecule has 2 N–H and O–H groups in total. The highest BCUT2D eigenvalue weighted by molar-refractivity contribution is 7.90. The number of carboxylic acid groups (broad SMARTS) is 1. The van der Waals surface area contributed by atoms with Gasteiger partial charge in [-0.05, 0) is 50.0 Å². The lowest BCUT2D eigenvalue weighted by molar-refractivity contribution is -0.139. The van der Waals surface area contributed by atoms with Gasteiger partial charge in [0.1, 0.15) is 15.9 Å². The molecule has 1 aromatic carbocycles. The second-order valence-corrected chi connectivity index (χ2v) is 9.08. The Balaban J connectivity index is 1.93. The number of benzene rings is 1. The molecule has 144 valence electrons. The van der Waals surface area contributed by atoms with Crippen molar-refractivity contribution in [2.45, 2.75) is 38.3 Å². The first kappa shape index (κ1) is 20.4. The second kappa shape index (κ2) is 9.14. The van der Waals surface area contributed by atoms with Gasteiger partial charge >= 0.3 is 5.97 Å². The standard InChI is InChI=1S/C18H26N2O5S/c1-26(24,25)12-9-16(18(22)23)19-17(21)15-7-5-14(6-8-15)13-20-10-3-2-4-11-20/h5-8,16H,2-4,9-13H2,1H3,(H,19,21)(H,22,23)/t16-/m0/s1. The maximum Gasteiger partial charge on any atom is 0.326 e. The van der Waals surface area contributed by atoms with Crippen LogP contribution < -0.4 is 5.32 Å². The van der Waals surface area contributed by atoms with Crippen molar-refractivity contribution in [3.05, 3.63) is 35.4 Å². The number of carbonyl (C=O) groups excluding carboxylic acids is 1. The zero-order valence-electron chi connectivity index (χ0n) is 15.0. The van der Waals surface area contributed by atoms with E-state index in [1.807, 2.05) is 12.1 Å². The Morgan fingerprint density at radius 2 is 1.77 bits per heavy atom. The SMILES string of the molecule is CS(=O)(=O)CC[C@H](NC(=O)c1ccc(CN2CCCCC2)cc1)C(=O)O. The predicted molar refractivity (Wildman–Crippen MR) is 98.8 cm³/mol. The van der Waals surface area contributed by atoms with Gasteiger partial charge in [0.15, 0.2) is 0 Å². The average molecular weight is 382 g/mol. The van der Waals surface area contributed by atoms with E-state index in [1.54, 1.807) is 12.1 Å². The Hall–Kier alpha value is -1.93. The van der Waals surface area contributed by atoms with E-state index in [0.29, 0.717) is 5.56 Å². The van der Waals surface area contributed by atoms with Crippen molar-refractivity contribution in [2.24, 2.45) is 0 Å². The highest BCUT2D eigenvalue weighted by Crippen LogP contribution is 2.14. The molecule has 1 fully saturated rings. The van der Waals surface area contributed by atoms with Crippen LogP contribution in [0.1, 0.15) is 41.6 Å². The molecule has 1 aliphatic heterocycles. The van der Waals surface area contributed by atoms with Crippen molar-refractivity contribution in [2.75, 3.05) is 25.1 Å². The monoisotopic (exact) mass is 382 g/mol. The number of likely N-dealkylation sites (tertiary alicyclic amines) is 1. The molecule has 1 aliphatic rings. The predicted octanol–water partition coefficient (Wildman–Crippen LogP) is 1.29. The minimum atomic E-state index is -3.29. The lowest BCUT2D eigenvalue weighted by Crippen LogP contribution is -2.41. The van der Waals surface area contributed by atoms with Crippen LogP contribution in [0.2, 0.25) is 0 Å². The van der Waals surface area contributed by atoms with Crippen molar-refractivity contribution in [1.82, 2.24) is 10.2 Å². The third-order valence-electron chi connectivity index (χ3n) is 4.45. The summed E-state index contributed by atoms with van der Waals surface area (Å²) in [5.74, 6) is -2.06. The smallest absolute Gasteiger partial charge is 0.326 e. The highest BCUT2D eigenvalue weighted by Gasteiger charge is 2.22. The Morgan fingerprint density at radius 1 is 1.15 bits per heavy atom. The van der Waals surface area contributed by atoms with E-state index >= 15 is 0 Å². The number of amides is 1. The molecule has 8 heteroatoms. The van der Waals surface area contributed by atoms with Gasteiger partial charge in [-0.3, -0.25) is 9.69 Å². The zero-order valence-corrected chi connectivity index (χ0v) is 15.8. The fourth-order valence-corrected chi connectivity index (χ4v) is 3.63.